The van der Waals surface area contributed by atoms with Gasteiger partial charge >= 0.3 is 17.9 Å². The summed E-state index contributed by atoms with van der Waals surface area (Å²) in [5.74, 6) is -2.97. The molecule has 186 valence electrons. The Balaban J connectivity index is 0.000000233. The minimum absolute atomic E-state index is 0.166. The standard InChI is InChI=1S/C15H14N2O4S2.C8H6N2O2S/c16-10-3-1-8(14(18)19)5-12(10)22-7-23-13-6-9(15(20)21)2-4-11(13)17;9-8-10-5-2-1-4(7(11)12)3-6(5)13-8/h1-6H,7,16-17H2,(H,18,19)(H,20,21);1-3H,(H2,9,10)(H,11,12). The number of nitrogens with two attached hydrogens (primary N) is 3. The summed E-state index contributed by atoms with van der Waals surface area (Å²) in [6, 6.07) is 13.8. The van der Waals surface area contributed by atoms with Gasteiger partial charge in [-0.15, -0.1) is 23.5 Å². The Morgan fingerprint density at radius 2 is 1.17 bits per heavy atom. The van der Waals surface area contributed by atoms with E-state index < -0.39 is 17.9 Å². The molecule has 0 saturated heterocycles. The molecular formula is C23H20N4O6S3. The molecule has 0 spiro atoms. The van der Waals surface area contributed by atoms with Crippen molar-refractivity contribution in [3.63, 3.8) is 0 Å². The van der Waals surface area contributed by atoms with E-state index in [0.717, 1.165) is 10.2 Å². The monoisotopic (exact) mass is 544 g/mol. The SMILES string of the molecule is Nc1ccc(C(=O)O)cc1SCSc1cc(C(=O)O)ccc1N.Nc1nc2ccc(C(=O)O)cc2s1. The number of carboxylic acid groups (broad SMARTS) is 3. The van der Waals surface area contributed by atoms with E-state index in [-0.39, 0.29) is 16.7 Å². The first-order valence-electron chi connectivity index (χ1n) is 9.95. The molecule has 0 aliphatic rings. The Hall–Kier alpha value is -3.94. The molecule has 3 aromatic carbocycles. The van der Waals surface area contributed by atoms with Gasteiger partial charge in [0, 0.05) is 26.3 Å². The molecule has 0 radical (unpaired) electrons. The number of aromatic carboxylic acids is 3. The Labute approximate surface area is 217 Å². The number of nitrogen functional groups attached to an aromatic ring is 3. The summed E-state index contributed by atoms with van der Waals surface area (Å²) in [4.78, 5) is 37.9. The zero-order valence-electron chi connectivity index (χ0n) is 18.4. The van der Waals surface area contributed by atoms with E-state index in [0.29, 0.717) is 31.4 Å². The Bertz CT molecular complexity index is 1390. The van der Waals surface area contributed by atoms with Crippen LogP contribution in [0.5, 0.6) is 0 Å². The van der Waals surface area contributed by atoms with Crippen LogP contribution in [0.4, 0.5) is 16.5 Å². The number of hydrogen-bond donors (Lipinski definition) is 6. The topological polar surface area (TPSA) is 203 Å². The van der Waals surface area contributed by atoms with Crippen LogP contribution in [0, 0.1) is 0 Å². The van der Waals surface area contributed by atoms with E-state index in [2.05, 4.69) is 4.98 Å². The number of aromatic nitrogens is 1. The molecule has 0 fully saturated rings. The van der Waals surface area contributed by atoms with Gasteiger partial charge in [0.05, 0.1) is 26.9 Å². The molecule has 0 aliphatic carbocycles. The van der Waals surface area contributed by atoms with Crippen molar-refractivity contribution in [2.45, 2.75) is 9.79 Å². The number of rotatable bonds is 7. The van der Waals surface area contributed by atoms with Crippen molar-refractivity contribution < 1.29 is 29.7 Å². The third-order valence-corrected chi connectivity index (χ3v) is 7.72. The normalized spacial score (nSPS) is 10.4. The number of carboxylic acids is 3. The number of anilines is 3. The Kier molecular flexibility index (Phi) is 8.64. The highest BCUT2D eigenvalue weighted by Gasteiger charge is 2.10. The lowest BCUT2D eigenvalue weighted by Crippen LogP contribution is -1.99. The average molecular weight is 545 g/mol. The van der Waals surface area contributed by atoms with Crippen molar-refractivity contribution >= 4 is 79.5 Å². The summed E-state index contributed by atoms with van der Waals surface area (Å²) in [7, 11) is 0. The second-order valence-corrected chi connectivity index (χ2v) is 10.5. The van der Waals surface area contributed by atoms with Crippen LogP contribution < -0.4 is 17.2 Å². The maximum Gasteiger partial charge on any atom is 0.335 e. The molecule has 36 heavy (non-hydrogen) atoms. The van der Waals surface area contributed by atoms with Gasteiger partial charge in [0.1, 0.15) is 0 Å². The summed E-state index contributed by atoms with van der Waals surface area (Å²) in [6.45, 7) is 0. The maximum absolute atomic E-state index is 11.0. The van der Waals surface area contributed by atoms with Crippen LogP contribution >= 0.6 is 34.9 Å². The zero-order valence-corrected chi connectivity index (χ0v) is 20.8. The van der Waals surface area contributed by atoms with Crippen LogP contribution in [0.2, 0.25) is 0 Å². The molecule has 0 unspecified atom stereocenters. The number of thiazole rings is 1. The number of nitrogens with zero attached hydrogens (tertiary/aromatic N) is 1. The molecule has 1 heterocycles. The van der Waals surface area contributed by atoms with Gasteiger partial charge in [0.15, 0.2) is 5.13 Å². The van der Waals surface area contributed by atoms with Gasteiger partial charge < -0.3 is 32.5 Å². The molecule has 13 heteroatoms. The third kappa shape index (κ3) is 6.81. The van der Waals surface area contributed by atoms with Crippen LogP contribution in [-0.4, -0.2) is 43.3 Å². The van der Waals surface area contributed by atoms with E-state index in [1.165, 1.54) is 65.2 Å². The molecule has 4 aromatic rings. The number of benzene rings is 3. The van der Waals surface area contributed by atoms with Crippen molar-refractivity contribution in [3.8, 4) is 0 Å². The summed E-state index contributed by atoms with van der Waals surface area (Å²) in [6.07, 6.45) is 0. The highest BCUT2D eigenvalue weighted by molar-refractivity contribution is 8.16. The second kappa shape index (κ2) is 11.7. The Morgan fingerprint density at radius 3 is 1.64 bits per heavy atom. The molecule has 0 amide bonds. The molecule has 0 bridgehead atoms. The lowest BCUT2D eigenvalue weighted by molar-refractivity contribution is 0.0686. The molecular weight excluding hydrogens is 524 g/mol. The number of carbonyl (C=O) groups is 3. The Morgan fingerprint density at radius 1 is 0.722 bits per heavy atom. The fourth-order valence-corrected chi connectivity index (χ4v) is 5.73. The summed E-state index contributed by atoms with van der Waals surface area (Å²) < 4.78 is 0.803. The smallest absolute Gasteiger partial charge is 0.335 e. The first-order chi connectivity index (χ1) is 17.0. The minimum atomic E-state index is -1.02. The first kappa shape index (κ1) is 26.7. The lowest BCUT2D eigenvalue weighted by Gasteiger charge is -2.08. The first-order valence-corrected chi connectivity index (χ1v) is 12.7. The third-order valence-electron chi connectivity index (χ3n) is 4.60. The van der Waals surface area contributed by atoms with Gasteiger partial charge in [-0.2, -0.15) is 0 Å². The van der Waals surface area contributed by atoms with Crippen LogP contribution in [0.15, 0.2) is 64.4 Å². The number of thioether (sulfide) groups is 2. The number of fused-ring (bicyclic) bond motifs is 1. The van der Waals surface area contributed by atoms with Gasteiger partial charge in [-0.25, -0.2) is 19.4 Å². The average Bonchev–Trinajstić information content (AvgIpc) is 3.20. The molecule has 0 atom stereocenters. The highest BCUT2D eigenvalue weighted by Crippen LogP contribution is 2.34. The van der Waals surface area contributed by atoms with E-state index in [1.807, 2.05) is 0 Å². The summed E-state index contributed by atoms with van der Waals surface area (Å²) in [5, 5.41) is 27.7. The summed E-state index contributed by atoms with van der Waals surface area (Å²) in [5.41, 5.74) is 19.5. The van der Waals surface area contributed by atoms with Crippen LogP contribution in [0.1, 0.15) is 31.1 Å². The highest BCUT2D eigenvalue weighted by atomic mass is 32.2. The van der Waals surface area contributed by atoms with E-state index in [4.69, 9.17) is 32.5 Å². The minimum Gasteiger partial charge on any atom is -0.478 e. The van der Waals surface area contributed by atoms with Crippen molar-refractivity contribution in [2.24, 2.45) is 0 Å². The predicted molar refractivity (Wildman–Crippen MR) is 143 cm³/mol. The largest absolute Gasteiger partial charge is 0.478 e. The van der Waals surface area contributed by atoms with E-state index >= 15 is 0 Å². The van der Waals surface area contributed by atoms with Crippen molar-refractivity contribution in [2.75, 3.05) is 22.3 Å². The van der Waals surface area contributed by atoms with Gasteiger partial charge in [0.25, 0.3) is 0 Å². The van der Waals surface area contributed by atoms with Gasteiger partial charge in [-0.05, 0) is 54.6 Å². The second-order valence-electron chi connectivity index (χ2n) is 7.06. The molecule has 1 aromatic heterocycles. The van der Waals surface area contributed by atoms with Crippen LogP contribution in [-0.2, 0) is 0 Å². The molecule has 0 saturated carbocycles. The van der Waals surface area contributed by atoms with Crippen molar-refractivity contribution in [3.05, 3.63) is 71.3 Å². The van der Waals surface area contributed by atoms with E-state index in [9.17, 15) is 14.4 Å². The van der Waals surface area contributed by atoms with Gasteiger partial charge in [0.2, 0.25) is 0 Å². The fourth-order valence-electron chi connectivity index (χ4n) is 2.82. The van der Waals surface area contributed by atoms with Crippen LogP contribution in [0.3, 0.4) is 0 Å². The quantitative estimate of drug-likeness (QED) is 0.107. The molecule has 9 N–H and O–H groups in total. The lowest BCUT2D eigenvalue weighted by atomic mass is 10.2. The van der Waals surface area contributed by atoms with Crippen molar-refractivity contribution in [1.29, 1.82) is 0 Å². The van der Waals surface area contributed by atoms with E-state index in [1.54, 1.807) is 24.3 Å². The molecule has 10 nitrogen and oxygen atoms in total. The van der Waals surface area contributed by atoms with Gasteiger partial charge in [-0.3, -0.25) is 0 Å². The predicted octanol–water partition coefficient (Wildman–Crippen LogP) is 4.67. The number of hydrogen-bond acceptors (Lipinski definition) is 10. The summed E-state index contributed by atoms with van der Waals surface area (Å²) >= 11 is 4.02. The van der Waals surface area contributed by atoms with Gasteiger partial charge in [-0.1, -0.05) is 11.3 Å². The van der Waals surface area contributed by atoms with Crippen molar-refractivity contribution in [1.82, 2.24) is 4.98 Å². The van der Waals surface area contributed by atoms with Crippen LogP contribution in [0.25, 0.3) is 10.2 Å². The molecule has 4 rings (SSSR count). The zero-order chi connectivity index (χ0) is 26.4. The maximum atomic E-state index is 11.0. The molecule has 0 aliphatic heterocycles. The fraction of sp³-hybridized carbons (Fsp3) is 0.0435.